The number of hydrogen-bond donors (Lipinski definition) is 1. The molecule has 5 nitrogen and oxygen atoms in total. The van der Waals surface area contributed by atoms with Crippen molar-refractivity contribution in [1.82, 2.24) is 4.90 Å². The number of aliphatic hydroxyl groups excluding tert-OH is 1. The Kier molecular flexibility index (Phi) is 10.3. The number of hydrogen-bond acceptors (Lipinski definition) is 5. The van der Waals surface area contributed by atoms with E-state index >= 15 is 0 Å². The molecule has 3 atom stereocenters. The van der Waals surface area contributed by atoms with Crippen molar-refractivity contribution in [2.75, 3.05) is 26.3 Å². The Balaban J connectivity index is 1.53. The Bertz CT molecular complexity index is 979. The maximum Gasteiger partial charge on any atom is 0.306 e. The number of likely N-dealkylation sites (tertiary alicyclic amines) is 1. The van der Waals surface area contributed by atoms with Gasteiger partial charge in [-0.1, -0.05) is 35.9 Å². The minimum Gasteiger partial charge on any atom is -0.466 e. The molecule has 0 spiro atoms. The second-order valence-corrected chi connectivity index (χ2v) is 9.72. The highest BCUT2D eigenvalue weighted by Gasteiger charge is 2.27. The van der Waals surface area contributed by atoms with Gasteiger partial charge in [-0.2, -0.15) is 0 Å². The number of rotatable bonds is 12. The molecular formula is C29H40FNO4. The van der Waals surface area contributed by atoms with E-state index in [1.165, 1.54) is 0 Å². The molecule has 0 bridgehead atoms. The van der Waals surface area contributed by atoms with Gasteiger partial charge in [0, 0.05) is 19.0 Å². The van der Waals surface area contributed by atoms with Crippen molar-refractivity contribution in [3.63, 3.8) is 0 Å². The van der Waals surface area contributed by atoms with Crippen LogP contribution in [0.25, 0.3) is 0 Å². The first-order valence-electron chi connectivity index (χ1n) is 12.8. The standard InChI is InChI=1S/C29H40FNO4/c1-5-34-29(33)13-11-24-15-20(2)8-12-27(24)22(4)35-19-26(32)18-31-14-6-7-25(31)16-23-10-9-21(3)28(30)17-23/h8-10,12,15,17,22,25-26,32H,5-7,11,13-14,16,18-19H2,1-4H3/t22-,25+,26-/m1/s1. The van der Waals surface area contributed by atoms with E-state index < -0.39 is 6.10 Å². The lowest BCUT2D eigenvalue weighted by atomic mass is 9.97. The molecule has 1 aliphatic heterocycles. The van der Waals surface area contributed by atoms with Crippen LogP contribution in [0.15, 0.2) is 36.4 Å². The average Bonchev–Trinajstić information content (AvgIpc) is 3.25. The maximum atomic E-state index is 14.0. The number of β-amino-alcohol motifs (C(OH)–C–C–N with tert-alkyl or cyclic N) is 1. The Morgan fingerprint density at radius 2 is 2.03 bits per heavy atom. The number of halogens is 1. The van der Waals surface area contributed by atoms with Gasteiger partial charge >= 0.3 is 5.97 Å². The fourth-order valence-electron chi connectivity index (χ4n) is 4.89. The summed E-state index contributed by atoms with van der Waals surface area (Å²) in [4.78, 5) is 14.1. The molecule has 2 aromatic carbocycles. The first-order chi connectivity index (χ1) is 16.8. The van der Waals surface area contributed by atoms with E-state index in [9.17, 15) is 14.3 Å². The first-order valence-corrected chi connectivity index (χ1v) is 12.8. The molecule has 0 aromatic heterocycles. The van der Waals surface area contributed by atoms with Crippen molar-refractivity contribution in [2.24, 2.45) is 0 Å². The summed E-state index contributed by atoms with van der Waals surface area (Å²) in [5, 5.41) is 10.7. The quantitative estimate of drug-likeness (QED) is 0.425. The predicted octanol–water partition coefficient (Wildman–Crippen LogP) is 5.08. The van der Waals surface area contributed by atoms with Crippen molar-refractivity contribution in [3.8, 4) is 0 Å². The molecule has 35 heavy (non-hydrogen) atoms. The zero-order valence-corrected chi connectivity index (χ0v) is 21.6. The highest BCUT2D eigenvalue weighted by molar-refractivity contribution is 5.69. The zero-order valence-electron chi connectivity index (χ0n) is 21.6. The molecule has 1 saturated heterocycles. The Labute approximate surface area is 209 Å². The number of carbonyl (C=O) groups excluding carboxylic acids is 1. The minimum atomic E-state index is -0.610. The van der Waals surface area contributed by atoms with Crippen LogP contribution in [0.3, 0.4) is 0 Å². The van der Waals surface area contributed by atoms with E-state index in [2.05, 4.69) is 11.0 Å². The third-order valence-electron chi connectivity index (χ3n) is 6.83. The summed E-state index contributed by atoms with van der Waals surface area (Å²) in [6.45, 7) is 9.69. The zero-order chi connectivity index (χ0) is 25.4. The normalized spacial score (nSPS) is 17.9. The summed E-state index contributed by atoms with van der Waals surface area (Å²) in [5.41, 5.74) is 4.90. The number of aryl methyl sites for hydroxylation is 3. The van der Waals surface area contributed by atoms with Gasteiger partial charge in [-0.3, -0.25) is 9.69 Å². The third-order valence-corrected chi connectivity index (χ3v) is 6.83. The molecule has 192 valence electrons. The van der Waals surface area contributed by atoms with E-state index in [-0.39, 0.29) is 24.5 Å². The van der Waals surface area contributed by atoms with Crippen LogP contribution < -0.4 is 0 Å². The van der Waals surface area contributed by atoms with Gasteiger partial charge in [-0.25, -0.2) is 4.39 Å². The Hall–Kier alpha value is -2.28. The van der Waals surface area contributed by atoms with E-state index in [0.29, 0.717) is 37.6 Å². The molecule has 1 fully saturated rings. The van der Waals surface area contributed by atoms with Gasteiger partial charge in [0.15, 0.2) is 0 Å². The van der Waals surface area contributed by atoms with Crippen molar-refractivity contribution in [1.29, 1.82) is 0 Å². The van der Waals surface area contributed by atoms with Crippen molar-refractivity contribution < 1.29 is 23.8 Å². The highest BCUT2D eigenvalue weighted by Crippen LogP contribution is 2.25. The molecule has 0 saturated carbocycles. The minimum absolute atomic E-state index is 0.160. The highest BCUT2D eigenvalue weighted by atomic mass is 19.1. The van der Waals surface area contributed by atoms with Crippen molar-refractivity contribution >= 4 is 5.97 Å². The molecule has 1 N–H and O–H groups in total. The smallest absolute Gasteiger partial charge is 0.306 e. The van der Waals surface area contributed by atoms with Crippen LogP contribution >= 0.6 is 0 Å². The molecule has 1 heterocycles. The summed E-state index contributed by atoms with van der Waals surface area (Å²) < 4.78 is 25.1. The van der Waals surface area contributed by atoms with Crippen molar-refractivity contribution in [2.45, 2.75) is 78.0 Å². The summed E-state index contributed by atoms with van der Waals surface area (Å²) in [6, 6.07) is 11.9. The van der Waals surface area contributed by atoms with Crippen LogP contribution in [0.4, 0.5) is 4.39 Å². The van der Waals surface area contributed by atoms with Crippen molar-refractivity contribution in [3.05, 3.63) is 70.0 Å². The monoisotopic (exact) mass is 485 g/mol. The molecule has 0 unspecified atom stereocenters. The lowest BCUT2D eigenvalue weighted by Crippen LogP contribution is -2.39. The van der Waals surface area contributed by atoms with Crippen LogP contribution in [0.5, 0.6) is 0 Å². The molecule has 6 heteroatoms. The van der Waals surface area contributed by atoms with E-state index in [0.717, 1.165) is 48.1 Å². The summed E-state index contributed by atoms with van der Waals surface area (Å²) in [7, 11) is 0. The molecular weight excluding hydrogens is 445 g/mol. The predicted molar refractivity (Wildman–Crippen MR) is 136 cm³/mol. The molecule has 1 aliphatic rings. The van der Waals surface area contributed by atoms with E-state index in [1.807, 2.05) is 45.0 Å². The second kappa shape index (κ2) is 13.1. The lowest BCUT2D eigenvalue weighted by molar-refractivity contribution is -0.143. The number of esters is 1. The van der Waals surface area contributed by atoms with E-state index in [4.69, 9.17) is 9.47 Å². The average molecular weight is 486 g/mol. The SMILES string of the molecule is CCOC(=O)CCc1cc(C)ccc1[C@@H](C)OC[C@H](O)CN1CCC[C@H]1Cc1ccc(C)c(F)c1. The van der Waals surface area contributed by atoms with Crippen LogP contribution in [0.2, 0.25) is 0 Å². The van der Waals surface area contributed by atoms with Gasteiger partial charge in [0.1, 0.15) is 5.82 Å². The van der Waals surface area contributed by atoms with E-state index in [1.54, 1.807) is 13.0 Å². The summed E-state index contributed by atoms with van der Waals surface area (Å²) >= 11 is 0. The topological polar surface area (TPSA) is 59.0 Å². The number of ether oxygens (including phenoxy) is 2. The molecule has 0 aliphatic carbocycles. The van der Waals surface area contributed by atoms with Gasteiger partial charge < -0.3 is 14.6 Å². The largest absolute Gasteiger partial charge is 0.466 e. The molecule has 0 amide bonds. The third kappa shape index (κ3) is 8.13. The van der Waals surface area contributed by atoms with Crippen LogP contribution in [-0.2, 0) is 27.1 Å². The van der Waals surface area contributed by atoms with Crippen LogP contribution in [0, 0.1) is 19.7 Å². The maximum absolute atomic E-state index is 14.0. The fourth-order valence-corrected chi connectivity index (χ4v) is 4.89. The molecule has 2 aromatic rings. The number of aliphatic hydroxyl groups is 1. The number of nitrogens with zero attached hydrogens (tertiary/aromatic N) is 1. The number of benzene rings is 2. The summed E-state index contributed by atoms with van der Waals surface area (Å²) in [5.74, 6) is -0.357. The number of carbonyl (C=O) groups is 1. The van der Waals surface area contributed by atoms with Crippen LogP contribution in [-0.4, -0.2) is 54.4 Å². The van der Waals surface area contributed by atoms with Gasteiger partial charge in [0.2, 0.25) is 0 Å². The van der Waals surface area contributed by atoms with Crippen LogP contribution in [0.1, 0.15) is 67.0 Å². The van der Waals surface area contributed by atoms with Gasteiger partial charge in [0.05, 0.1) is 25.4 Å². The molecule has 3 rings (SSSR count). The molecule has 0 radical (unpaired) electrons. The van der Waals surface area contributed by atoms with Gasteiger partial charge in [-0.05, 0) is 88.2 Å². The van der Waals surface area contributed by atoms with Gasteiger partial charge in [0.25, 0.3) is 0 Å². The fraction of sp³-hybridized carbons (Fsp3) is 0.552. The Morgan fingerprint density at radius 3 is 2.77 bits per heavy atom. The lowest BCUT2D eigenvalue weighted by Gasteiger charge is -2.28. The Morgan fingerprint density at radius 1 is 1.23 bits per heavy atom. The summed E-state index contributed by atoms with van der Waals surface area (Å²) in [6.07, 6.45) is 3.03. The second-order valence-electron chi connectivity index (χ2n) is 9.72. The van der Waals surface area contributed by atoms with Gasteiger partial charge in [-0.15, -0.1) is 0 Å². The first kappa shape index (κ1) is 27.3.